The lowest BCUT2D eigenvalue weighted by Gasteiger charge is -2.00. The Morgan fingerprint density at radius 2 is 2.06 bits per heavy atom. The molecule has 86 valence electrons. The van der Waals surface area contributed by atoms with Crippen LogP contribution >= 0.6 is 11.6 Å². The number of nitro groups is 1. The Morgan fingerprint density at radius 3 is 2.71 bits per heavy atom. The van der Waals surface area contributed by atoms with Crippen LogP contribution in [0.15, 0.2) is 36.4 Å². The number of hydrogen-bond acceptors (Lipinski definition) is 4. The summed E-state index contributed by atoms with van der Waals surface area (Å²) in [6.45, 7) is 0. The summed E-state index contributed by atoms with van der Waals surface area (Å²) in [5.74, 6) is 0. The van der Waals surface area contributed by atoms with Crippen molar-refractivity contribution in [3.63, 3.8) is 0 Å². The van der Waals surface area contributed by atoms with Crippen LogP contribution in [0, 0.1) is 10.1 Å². The van der Waals surface area contributed by atoms with Crippen molar-refractivity contribution in [1.29, 1.82) is 0 Å². The predicted molar refractivity (Wildman–Crippen MR) is 62.9 cm³/mol. The van der Waals surface area contributed by atoms with E-state index in [-0.39, 0.29) is 5.69 Å². The van der Waals surface area contributed by atoms with E-state index in [1.807, 2.05) is 6.07 Å². The molecular weight excluding hydrogens is 242 g/mol. The van der Waals surface area contributed by atoms with Gasteiger partial charge in [0.05, 0.1) is 10.6 Å². The summed E-state index contributed by atoms with van der Waals surface area (Å²) in [6.07, 6.45) is 0.492. The van der Waals surface area contributed by atoms with E-state index in [0.717, 1.165) is 11.3 Å². The van der Waals surface area contributed by atoms with E-state index in [4.69, 9.17) is 11.6 Å². The number of rotatable bonds is 3. The molecule has 2 aromatic rings. The number of nitro benzene ring substituents is 1. The molecule has 0 N–H and O–H groups in total. The van der Waals surface area contributed by atoms with Crippen LogP contribution < -0.4 is 0 Å². The van der Waals surface area contributed by atoms with E-state index in [0.29, 0.717) is 11.6 Å². The minimum Gasteiger partial charge on any atom is -0.258 e. The molecule has 6 heteroatoms. The topological polar surface area (TPSA) is 68.9 Å². The smallest absolute Gasteiger partial charge is 0.258 e. The monoisotopic (exact) mass is 249 g/mol. The zero-order valence-corrected chi connectivity index (χ0v) is 9.46. The highest BCUT2D eigenvalue weighted by atomic mass is 35.5. The second-order valence-corrected chi connectivity index (χ2v) is 3.84. The maximum absolute atomic E-state index is 10.6. The van der Waals surface area contributed by atoms with Gasteiger partial charge in [0.2, 0.25) is 0 Å². The van der Waals surface area contributed by atoms with E-state index in [9.17, 15) is 10.1 Å². The van der Waals surface area contributed by atoms with Crippen LogP contribution in [-0.2, 0) is 6.42 Å². The van der Waals surface area contributed by atoms with Gasteiger partial charge in [0, 0.05) is 18.6 Å². The molecule has 0 aliphatic carbocycles. The highest BCUT2D eigenvalue weighted by Crippen LogP contribution is 2.15. The van der Waals surface area contributed by atoms with Gasteiger partial charge in [0.25, 0.3) is 5.69 Å². The normalized spacial score (nSPS) is 10.2. The third-order valence-electron chi connectivity index (χ3n) is 2.19. The number of hydrogen-bond donors (Lipinski definition) is 0. The molecule has 2 rings (SSSR count). The largest absolute Gasteiger partial charge is 0.269 e. The maximum Gasteiger partial charge on any atom is 0.269 e. The van der Waals surface area contributed by atoms with Crippen molar-refractivity contribution in [2.24, 2.45) is 0 Å². The Kier molecular flexibility index (Phi) is 3.30. The Balaban J connectivity index is 2.21. The van der Waals surface area contributed by atoms with Gasteiger partial charge in [-0.3, -0.25) is 10.1 Å². The van der Waals surface area contributed by atoms with E-state index in [2.05, 4.69) is 10.2 Å². The van der Waals surface area contributed by atoms with Crippen LogP contribution in [0.25, 0.3) is 0 Å². The Hall–Kier alpha value is -2.01. The highest BCUT2D eigenvalue weighted by Gasteiger charge is 2.06. The summed E-state index contributed by atoms with van der Waals surface area (Å²) < 4.78 is 0. The molecule has 0 saturated heterocycles. The SMILES string of the molecule is O=[N+]([O-])c1cccc(Cc2ccc(Cl)nn2)c1. The first-order valence-corrected chi connectivity index (χ1v) is 5.24. The molecule has 0 unspecified atom stereocenters. The molecule has 1 heterocycles. The lowest BCUT2D eigenvalue weighted by molar-refractivity contribution is -0.384. The van der Waals surface area contributed by atoms with E-state index < -0.39 is 4.92 Å². The summed E-state index contributed by atoms with van der Waals surface area (Å²) in [6, 6.07) is 9.82. The molecule has 0 atom stereocenters. The van der Waals surface area contributed by atoms with E-state index >= 15 is 0 Å². The first-order valence-electron chi connectivity index (χ1n) is 4.86. The average Bonchev–Trinajstić information content (AvgIpc) is 2.32. The quantitative estimate of drug-likeness (QED) is 0.619. The van der Waals surface area contributed by atoms with Crippen molar-refractivity contribution in [3.8, 4) is 0 Å². The molecule has 1 aromatic carbocycles. The predicted octanol–water partition coefficient (Wildman–Crippen LogP) is 2.63. The van der Waals surface area contributed by atoms with Gasteiger partial charge < -0.3 is 0 Å². The van der Waals surface area contributed by atoms with Crippen molar-refractivity contribution in [1.82, 2.24) is 10.2 Å². The van der Waals surface area contributed by atoms with Gasteiger partial charge in [-0.2, -0.15) is 5.10 Å². The van der Waals surface area contributed by atoms with Crippen molar-refractivity contribution in [2.75, 3.05) is 0 Å². The van der Waals surface area contributed by atoms with Gasteiger partial charge in [0.15, 0.2) is 5.15 Å². The van der Waals surface area contributed by atoms with Crippen LogP contribution in [-0.4, -0.2) is 15.1 Å². The number of halogens is 1. The third kappa shape index (κ3) is 2.98. The second-order valence-electron chi connectivity index (χ2n) is 3.45. The summed E-state index contributed by atoms with van der Waals surface area (Å²) in [4.78, 5) is 10.2. The molecule has 0 bridgehead atoms. The first kappa shape index (κ1) is 11.5. The molecule has 0 spiro atoms. The molecule has 1 aromatic heterocycles. The molecule has 17 heavy (non-hydrogen) atoms. The van der Waals surface area contributed by atoms with Crippen LogP contribution in [0.3, 0.4) is 0 Å². The van der Waals surface area contributed by atoms with Crippen LogP contribution in [0.2, 0.25) is 5.15 Å². The zero-order valence-electron chi connectivity index (χ0n) is 8.71. The molecular formula is C11H8ClN3O2. The fourth-order valence-electron chi connectivity index (χ4n) is 1.43. The molecule has 5 nitrogen and oxygen atoms in total. The van der Waals surface area contributed by atoms with Gasteiger partial charge in [-0.25, -0.2) is 0 Å². The molecule has 0 fully saturated rings. The van der Waals surface area contributed by atoms with Gasteiger partial charge in [-0.05, 0) is 17.7 Å². The molecule has 0 saturated carbocycles. The Bertz CT molecular complexity index is 543. The number of aromatic nitrogens is 2. The molecule has 0 radical (unpaired) electrons. The van der Waals surface area contributed by atoms with Crippen molar-refractivity contribution in [2.45, 2.75) is 6.42 Å². The van der Waals surface area contributed by atoms with Crippen molar-refractivity contribution < 1.29 is 4.92 Å². The summed E-state index contributed by atoms with van der Waals surface area (Å²) in [5.41, 5.74) is 1.61. The summed E-state index contributed by atoms with van der Waals surface area (Å²) in [5, 5.41) is 18.5. The minimum absolute atomic E-state index is 0.0735. The molecule has 0 aliphatic heterocycles. The van der Waals surface area contributed by atoms with Gasteiger partial charge >= 0.3 is 0 Å². The first-order chi connectivity index (χ1) is 8.15. The Labute approximate surface area is 102 Å². The average molecular weight is 250 g/mol. The molecule has 0 aliphatic rings. The Morgan fingerprint density at radius 1 is 1.24 bits per heavy atom. The maximum atomic E-state index is 10.6. The van der Waals surface area contributed by atoms with Crippen LogP contribution in [0.4, 0.5) is 5.69 Å². The standard InChI is InChI=1S/C11H8ClN3O2/c12-11-5-4-9(13-14-11)6-8-2-1-3-10(7-8)15(16)17/h1-5,7H,6H2. The van der Waals surface area contributed by atoms with E-state index in [1.165, 1.54) is 12.1 Å². The van der Waals surface area contributed by atoms with Crippen LogP contribution in [0.1, 0.15) is 11.3 Å². The lowest BCUT2D eigenvalue weighted by atomic mass is 10.1. The fraction of sp³-hybridized carbons (Fsp3) is 0.0909. The number of benzene rings is 1. The van der Waals surface area contributed by atoms with E-state index in [1.54, 1.807) is 18.2 Å². The van der Waals surface area contributed by atoms with Gasteiger partial charge in [-0.1, -0.05) is 23.7 Å². The summed E-state index contributed by atoms with van der Waals surface area (Å²) in [7, 11) is 0. The molecule has 0 amide bonds. The minimum atomic E-state index is -0.420. The second kappa shape index (κ2) is 4.88. The summed E-state index contributed by atoms with van der Waals surface area (Å²) >= 11 is 5.62. The number of nitrogens with zero attached hydrogens (tertiary/aromatic N) is 3. The lowest BCUT2D eigenvalue weighted by Crippen LogP contribution is -1.95. The van der Waals surface area contributed by atoms with Gasteiger partial charge in [0.1, 0.15) is 0 Å². The van der Waals surface area contributed by atoms with Gasteiger partial charge in [-0.15, -0.1) is 5.10 Å². The highest BCUT2D eigenvalue weighted by molar-refractivity contribution is 6.29. The fourth-order valence-corrected chi connectivity index (χ4v) is 1.53. The van der Waals surface area contributed by atoms with Crippen molar-refractivity contribution in [3.05, 3.63) is 62.9 Å². The van der Waals surface area contributed by atoms with Crippen LogP contribution in [0.5, 0.6) is 0 Å². The third-order valence-corrected chi connectivity index (χ3v) is 2.40. The van der Waals surface area contributed by atoms with Crippen molar-refractivity contribution >= 4 is 17.3 Å². The zero-order chi connectivity index (χ0) is 12.3. The number of non-ortho nitro benzene ring substituents is 1.